The van der Waals surface area contributed by atoms with E-state index in [1.165, 1.54) is 16.8 Å². The van der Waals surface area contributed by atoms with Gasteiger partial charge in [-0.15, -0.1) is 0 Å². The Kier molecular flexibility index (Phi) is 9.53. The Labute approximate surface area is 253 Å². The number of aryl methyl sites for hydroxylation is 2. The largest absolute Gasteiger partial charge is 0.369 e. The average molecular weight is 594 g/mol. The summed E-state index contributed by atoms with van der Waals surface area (Å²) in [5.74, 6) is 0.295. The second-order valence-corrected chi connectivity index (χ2v) is 12.1. The molecule has 0 aromatic heterocycles. The van der Waals surface area contributed by atoms with Gasteiger partial charge in [-0.2, -0.15) is 0 Å². The smallest absolute Gasteiger partial charge is 0.227 e. The van der Waals surface area contributed by atoms with Gasteiger partial charge in [0.15, 0.2) is 5.78 Å². The lowest BCUT2D eigenvalue weighted by atomic mass is 10.1. The first-order valence-electron chi connectivity index (χ1n) is 14.4. The van der Waals surface area contributed by atoms with Gasteiger partial charge in [0.2, 0.25) is 5.91 Å². The molecule has 5 rings (SSSR count). The Morgan fingerprint density at radius 2 is 1.24 bits per heavy atom. The summed E-state index contributed by atoms with van der Waals surface area (Å²) in [6.45, 7) is 11.3. The van der Waals surface area contributed by atoms with E-state index < -0.39 is 0 Å². The second kappa shape index (κ2) is 13.3. The van der Waals surface area contributed by atoms with Crippen LogP contribution in [0.2, 0.25) is 10.0 Å². The van der Waals surface area contributed by atoms with Crippen LogP contribution in [0.25, 0.3) is 0 Å². The molecule has 0 atom stereocenters. The van der Waals surface area contributed by atoms with Crippen LogP contribution in [0.4, 0.5) is 11.4 Å². The number of anilines is 2. The Bertz CT molecular complexity index is 1340. The maximum Gasteiger partial charge on any atom is 0.227 e. The van der Waals surface area contributed by atoms with Crippen molar-refractivity contribution in [2.45, 2.75) is 26.7 Å². The van der Waals surface area contributed by atoms with Gasteiger partial charge in [0.25, 0.3) is 0 Å². The highest BCUT2D eigenvalue weighted by Crippen LogP contribution is 2.26. The van der Waals surface area contributed by atoms with E-state index in [4.69, 9.17) is 23.2 Å². The van der Waals surface area contributed by atoms with Crippen LogP contribution in [0, 0.1) is 13.8 Å². The normalized spacial score (nSPS) is 16.2. The van der Waals surface area contributed by atoms with E-state index in [0.29, 0.717) is 41.7 Å². The maximum atomic E-state index is 12.9. The highest BCUT2D eigenvalue weighted by Gasteiger charge is 2.23. The van der Waals surface area contributed by atoms with Crippen molar-refractivity contribution in [2.24, 2.45) is 0 Å². The first-order valence-corrected chi connectivity index (χ1v) is 15.1. The van der Waals surface area contributed by atoms with E-state index in [1.54, 1.807) is 18.2 Å². The van der Waals surface area contributed by atoms with E-state index in [1.807, 2.05) is 4.90 Å². The molecule has 1 amide bonds. The van der Waals surface area contributed by atoms with Crippen molar-refractivity contribution in [3.8, 4) is 0 Å². The molecule has 3 aromatic carbocycles. The van der Waals surface area contributed by atoms with Crippen molar-refractivity contribution >= 4 is 46.3 Å². The molecule has 2 fully saturated rings. The first-order chi connectivity index (χ1) is 19.7. The number of carbonyl (C=O) groups is 2. The van der Waals surface area contributed by atoms with Crippen molar-refractivity contribution in [3.63, 3.8) is 0 Å². The Hall–Kier alpha value is -3.06. The van der Waals surface area contributed by atoms with E-state index in [-0.39, 0.29) is 18.1 Å². The topological polar surface area (TPSA) is 47.1 Å². The fraction of sp³-hybridized carbons (Fsp3) is 0.394. The van der Waals surface area contributed by atoms with Crippen molar-refractivity contribution < 1.29 is 9.59 Å². The summed E-state index contributed by atoms with van der Waals surface area (Å²) in [6.07, 6.45) is 0.661. The monoisotopic (exact) mass is 592 g/mol. The van der Waals surface area contributed by atoms with E-state index in [0.717, 1.165) is 50.5 Å². The summed E-state index contributed by atoms with van der Waals surface area (Å²) < 4.78 is 0. The fourth-order valence-corrected chi connectivity index (χ4v) is 6.36. The van der Waals surface area contributed by atoms with Crippen LogP contribution < -0.4 is 9.80 Å². The number of nitrogens with zero attached hydrogens (tertiary/aromatic N) is 4. The van der Waals surface area contributed by atoms with Gasteiger partial charge in [-0.1, -0.05) is 47.5 Å². The van der Waals surface area contributed by atoms with Crippen LogP contribution in [0.5, 0.6) is 0 Å². The summed E-state index contributed by atoms with van der Waals surface area (Å²) in [5.41, 5.74) is 6.70. The summed E-state index contributed by atoms with van der Waals surface area (Å²) in [5, 5.41) is 1.05. The molecule has 2 heterocycles. The van der Waals surface area contributed by atoms with Gasteiger partial charge in [-0.3, -0.25) is 14.5 Å². The highest BCUT2D eigenvalue weighted by molar-refractivity contribution is 6.36. The number of ketones is 1. The average Bonchev–Trinajstić information content (AvgIpc) is 2.95. The van der Waals surface area contributed by atoms with Gasteiger partial charge in [0, 0.05) is 80.2 Å². The number of carbonyl (C=O) groups excluding carboxylic acids is 2. The van der Waals surface area contributed by atoms with Crippen molar-refractivity contribution in [3.05, 3.63) is 93.0 Å². The predicted molar refractivity (Wildman–Crippen MR) is 169 cm³/mol. The lowest BCUT2D eigenvalue weighted by molar-refractivity contribution is -0.130. The molecule has 0 unspecified atom stereocenters. The molecule has 216 valence electrons. The van der Waals surface area contributed by atoms with Gasteiger partial charge in [-0.05, 0) is 72.5 Å². The lowest BCUT2D eigenvalue weighted by Crippen LogP contribution is -2.49. The second-order valence-electron chi connectivity index (χ2n) is 11.2. The lowest BCUT2D eigenvalue weighted by Gasteiger charge is -2.36. The standard InChI is InChI=1S/C33H38Cl2N4O2/c1-24-18-25(2)20-28(19-24)38-12-10-36(11-13-38)23-29(40)21-26-6-8-27(9-7-26)37-14-16-39(17-15-37)33(41)22-30-31(34)4-3-5-32(30)35/h3-9,18-20H,10-17,21-23H2,1-2H3. The molecule has 2 aliphatic heterocycles. The van der Waals surface area contributed by atoms with E-state index >= 15 is 0 Å². The van der Waals surface area contributed by atoms with Gasteiger partial charge in [-0.25, -0.2) is 0 Å². The minimum atomic E-state index is 0.0418. The number of rotatable bonds is 8. The zero-order chi connectivity index (χ0) is 28.9. The molecule has 2 saturated heterocycles. The Morgan fingerprint density at radius 1 is 0.683 bits per heavy atom. The van der Waals surface area contributed by atoms with Gasteiger partial charge in [0.05, 0.1) is 13.0 Å². The molecule has 0 radical (unpaired) electrons. The Morgan fingerprint density at radius 3 is 1.85 bits per heavy atom. The number of amides is 1. The van der Waals surface area contributed by atoms with Crippen molar-refractivity contribution in [1.82, 2.24) is 9.80 Å². The van der Waals surface area contributed by atoms with Crippen LogP contribution in [0.3, 0.4) is 0 Å². The SMILES string of the molecule is Cc1cc(C)cc(N2CCN(CC(=O)Cc3ccc(N4CCN(C(=O)Cc5c(Cl)cccc5Cl)CC4)cc3)CC2)c1. The molecule has 0 spiro atoms. The molecule has 0 aliphatic carbocycles. The van der Waals surface area contributed by atoms with Crippen molar-refractivity contribution in [1.29, 1.82) is 0 Å². The summed E-state index contributed by atoms with van der Waals surface area (Å²) in [7, 11) is 0. The maximum absolute atomic E-state index is 12.9. The number of halogens is 2. The number of piperazine rings is 2. The summed E-state index contributed by atoms with van der Waals surface area (Å²) >= 11 is 12.5. The van der Waals surface area contributed by atoms with Gasteiger partial charge < -0.3 is 14.7 Å². The minimum absolute atomic E-state index is 0.0418. The molecule has 2 aliphatic rings. The molecule has 41 heavy (non-hydrogen) atoms. The quantitative estimate of drug-likeness (QED) is 0.349. The number of hydrogen-bond acceptors (Lipinski definition) is 5. The third-order valence-corrected chi connectivity index (χ3v) is 8.78. The van der Waals surface area contributed by atoms with E-state index in [9.17, 15) is 9.59 Å². The third kappa shape index (κ3) is 7.62. The zero-order valence-corrected chi connectivity index (χ0v) is 25.4. The summed E-state index contributed by atoms with van der Waals surface area (Å²) in [6, 6.07) is 20.3. The molecule has 6 nitrogen and oxygen atoms in total. The molecule has 0 saturated carbocycles. The van der Waals surface area contributed by atoms with Crippen LogP contribution >= 0.6 is 23.2 Å². The minimum Gasteiger partial charge on any atom is -0.369 e. The van der Waals surface area contributed by atoms with Gasteiger partial charge in [0.1, 0.15) is 0 Å². The summed E-state index contributed by atoms with van der Waals surface area (Å²) in [4.78, 5) is 34.6. The third-order valence-electron chi connectivity index (χ3n) is 8.07. The Balaban J connectivity index is 1.06. The number of benzene rings is 3. The van der Waals surface area contributed by atoms with Gasteiger partial charge >= 0.3 is 0 Å². The zero-order valence-electron chi connectivity index (χ0n) is 23.9. The van der Waals surface area contributed by atoms with Crippen LogP contribution in [-0.2, 0) is 22.4 Å². The number of Topliss-reactive ketones (excluding diaryl/α,β-unsaturated/α-hetero) is 1. The predicted octanol–water partition coefficient (Wildman–Crippen LogP) is 5.44. The molecular formula is C33H38Cl2N4O2. The highest BCUT2D eigenvalue weighted by atomic mass is 35.5. The number of hydrogen-bond donors (Lipinski definition) is 0. The van der Waals surface area contributed by atoms with E-state index in [2.05, 4.69) is 71.0 Å². The van der Waals surface area contributed by atoms with Crippen LogP contribution in [0.15, 0.2) is 60.7 Å². The fourth-order valence-electron chi connectivity index (χ4n) is 5.83. The molecule has 3 aromatic rings. The van der Waals surface area contributed by atoms with Crippen molar-refractivity contribution in [2.75, 3.05) is 68.7 Å². The molecule has 8 heteroatoms. The molecule has 0 N–H and O–H groups in total. The molecular weight excluding hydrogens is 555 g/mol. The molecule has 0 bridgehead atoms. The first kappa shape index (κ1) is 29.4. The van der Waals surface area contributed by atoms with Crippen LogP contribution in [0.1, 0.15) is 22.3 Å². The van der Waals surface area contributed by atoms with Crippen LogP contribution in [-0.4, -0.2) is 80.4 Å².